The molecule has 0 atom stereocenters. The summed E-state index contributed by atoms with van der Waals surface area (Å²) in [6.45, 7) is 2.68. The third-order valence-electron chi connectivity index (χ3n) is 3.37. The molecule has 0 amide bonds. The second-order valence-corrected chi connectivity index (χ2v) is 6.69. The molecule has 0 saturated heterocycles. The Kier molecular flexibility index (Phi) is 6.05. The van der Waals surface area contributed by atoms with Crippen molar-refractivity contribution in [3.8, 4) is 17.2 Å². The van der Waals surface area contributed by atoms with Gasteiger partial charge in [0.2, 0.25) is 10.0 Å². The Morgan fingerprint density at radius 1 is 0.958 bits per heavy atom. The van der Waals surface area contributed by atoms with Crippen molar-refractivity contribution < 1.29 is 22.6 Å². The molecule has 0 radical (unpaired) electrons. The number of hydrogen-bond acceptors (Lipinski definition) is 5. The van der Waals surface area contributed by atoms with Crippen LogP contribution in [-0.4, -0.2) is 29.2 Å². The highest BCUT2D eigenvalue weighted by Crippen LogP contribution is 2.29. The third-order valence-corrected chi connectivity index (χ3v) is 4.76. The van der Waals surface area contributed by atoms with Crippen LogP contribution in [0.4, 0.5) is 0 Å². The van der Waals surface area contributed by atoms with Crippen LogP contribution < -0.4 is 18.9 Å². The van der Waals surface area contributed by atoms with Gasteiger partial charge in [-0.3, -0.25) is 0 Å². The van der Waals surface area contributed by atoms with Crippen LogP contribution in [0.3, 0.4) is 0 Å². The van der Waals surface area contributed by atoms with Gasteiger partial charge in [-0.2, -0.15) is 0 Å². The van der Waals surface area contributed by atoms with Gasteiger partial charge in [0.15, 0.2) is 11.5 Å². The van der Waals surface area contributed by atoms with E-state index in [0.717, 1.165) is 11.3 Å². The van der Waals surface area contributed by atoms with Crippen LogP contribution in [-0.2, 0) is 16.6 Å². The van der Waals surface area contributed by atoms with E-state index in [2.05, 4.69) is 4.72 Å². The van der Waals surface area contributed by atoms with Crippen molar-refractivity contribution in [2.75, 3.05) is 20.8 Å². The molecule has 0 spiro atoms. The maximum absolute atomic E-state index is 12.4. The van der Waals surface area contributed by atoms with Crippen LogP contribution in [0.5, 0.6) is 17.2 Å². The highest BCUT2D eigenvalue weighted by atomic mass is 32.2. The average molecular weight is 351 g/mol. The molecule has 0 aliphatic carbocycles. The molecule has 0 unspecified atom stereocenters. The number of rotatable bonds is 8. The van der Waals surface area contributed by atoms with Gasteiger partial charge in [0.1, 0.15) is 5.75 Å². The summed E-state index contributed by atoms with van der Waals surface area (Å²) in [6.07, 6.45) is 0. The average Bonchev–Trinajstić information content (AvgIpc) is 2.60. The number of ether oxygens (including phenoxy) is 3. The lowest BCUT2D eigenvalue weighted by Gasteiger charge is -2.11. The van der Waals surface area contributed by atoms with Gasteiger partial charge in [-0.05, 0) is 36.8 Å². The fraction of sp³-hybridized carbons (Fsp3) is 0.294. The van der Waals surface area contributed by atoms with Crippen LogP contribution in [0.25, 0.3) is 0 Å². The Morgan fingerprint density at radius 3 is 2.21 bits per heavy atom. The Bertz CT molecular complexity index is 772. The molecule has 0 saturated carbocycles. The van der Waals surface area contributed by atoms with Gasteiger partial charge in [0, 0.05) is 12.6 Å². The van der Waals surface area contributed by atoms with Crippen molar-refractivity contribution in [1.29, 1.82) is 0 Å². The molecular weight excluding hydrogens is 330 g/mol. The van der Waals surface area contributed by atoms with E-state index in [1.54, 1.807) is 6.07 Å². The van der Waals surface area contributed by atoms with Gasteiger partial charge in [-0.1, -0.05) is 12.1 Å². The molecule has 0 aliphatic heterocycles. The summed E-state index contributed by atoms with van der Waals surface area (Å²) >= 11 is 0. The van der Waals surface area contributed by atoms with Gasteiger partial charge in [0.25, 0.3) is 0 Å². The van der Waals surface area contributed by atoms with E-state index < -0.39 is 10.0 Å². The third kappa shape index (κ3) is 4.39. The monoisotopic (exact) mass is 351 g/mol. The summed E-state index contributed by atoms with van der Waals surface area (Å²) in [5.74, 6) is 1.59. The number of nitrogens with one attached hydrogen (secondary N) is 1. The molecule has 130 valence electrons. The highest BCUT2D eigenvalue weighted by molar-refractivity contribution is 7.89. The Labute approximate surface area is 142 Å². The maximum Gasteiger partial charge on any atom is 0.241 e. The Morgan fingerprint density at radius 2 is 1.62 bits per heavy atom. The van der Waals surface area contributed by atoms with Gasteiger partial charge >= 0.3 is 0 Å². The summed E-state index contributed by atoms with van der Waals surface area (Å²) in [4.78, 5) is 0.117. The minimum Gasteiger partial charge on any atom is -0.494 e. The summed E-state index contributed by atoms with van der Waals surface area (Å²) in [6, 6.07) is 11.7. The molecule has 0 aliphatic rings. The van der Waals surface area contributed by atoms with Crippen molar-refractivity contribution >= 4 is 10.0 Å². The molecule has 0 bridgehead atoms. The van der Waals surface area contributed by atoms with Gasteiger partial charge < -0.3 is 14.2 Å². The molecule has 0 aromatic heterocycles. The molecule has 1 N–H and O–H groups in total. The fourth-order valence-electron chi connectivity index (χ4n) is 2.12. The molecule has 6 nitrogen and oxygen atoms in total. The highest BCUT2D eigenvalue weighted by Gasteiger charge is 2.16. The van der Waals surface area contributed by atoms with Crippen molar-refractivity contribution in [3.05, 3.63) is 48.0 Å². The van der Waals surface area contributed by atoms with Crippen LogP contribution in [0.15, 0.2) is 47.4 Å². The van der Waals surface area contributed by atoms with E-state index in [4.69, 9.17) is 14.2 Å². The van der Waals surface area contributed by atoms with E-state index in [0.29, 0.717) is 18.1 Å². The molecule has 0 heterocycles. The van der Waals surface area contributed by atoms with E-state index in [1.807, 2.05) is 31.2 Å². The summed E-state index contributed by atoms with van der Waals surface area (Å²) in [7, 11) is -0.697. The standard InChI is InChI=1S/C17H21NO5S/c1-4-23-14-7-5-13(6-8-14)12-18-24(19,20)15-9-10-16(21-2)17(11-15)22-3/h5-11,18H,4,12H2,1-3H3. The van der Waals surface area contributed by atoms with Crippen molar-refractivity contribution in [1.82, 2.24) is 4.72 Å². The predicted octanol–water partition coefficient (Wildman–Crippen LogP) is 2.58. The topological polar surface area (TPSA) is 73.9 Å². The van der Waals surface area contributed by atoms with Crippen molar-refractivity contribution in [3.63, 3.8) is 0 Å². The number of benzene rings is 2. The molecular formula is C17H21NO5S. The van der Waals surface area contributed by atoms with Crippen LogP contribution in [0.1, 0.15) is 12.5 Å². The molecule has 0 fully saturated rings. The quantitative estimate of drug-likeness (QED) is 0.791. The predicted molar refractivity (Wildman–Crippen MR) is 91.2 cm³/mol. The van der Waals surface area contributed by atoms with Gasteiger partial charge in [-0.15, -0.1) is 0 Å². The van der Waals surface area contributed by atoms with Crippen molar-refractivity contribution in [2.45, 2.75) is 18.4 Å². The Balaban J connectivity index is 2.10. The second kappa shape index (κ2) is 8.03. The smallest absolute Gasteiger partial charge is 0.241 e. The van der Waals surface area contributed by atoms with Crippen LogP contribution >= 0.6 is 0 Å². The van der Waals surface area contributed by atoms with E-state index in [1.165, 1.54) is 26.4 Å². The lowest BCUT2D eigenvalue weighted by atomic mass is 10.2. The fourth-order valence-corrected chi connectivity index (χ4v) is 3.15. The van der Waals surface area contributed by atoms with Crippen molar-refractivity contribution in [2.24, 2.45) is 0 Å². The summed E-state index contributed by atoms with van der Waals surface area (Å²) < 4.78 is 43.0. The molecule has 2 aromatic rings. The lowest BCUT2D eigenvalue weighted by Crippen LogP contribution is -2.23. The van der Waals surface area contributed by atoms with E-state index >= 15 is 0 Å². The Hall–Kier alpha value is -2.25. The van der Waals surface area contributed by atoms with Gasteiger partial charge in [-0.25, -0.2) is 13.1 Å². The SMILES string of the molecule is CCOc1ccc(CNS(=O)(=O)c2ccc(OC)c(OC)c2)cc1. The first kappa shape index (κ1) is 18.1. The van der Waals surface area contributed by atoms with Crippen LogP contribution in [0.2, 0.25) is 0 Å². The van der Waals surface area contributed by atoms with E-state index in [-0.39, 0.29) is 11.4 Å². The molecule has 2 aromatic carbocycles. The minimum atomic E-state index is -3.65. The largest absolute Gasteiger partial charge is 0.494 e. The van der Waals surface area contributed by atoms with Gasteiger partial charge in [0.05, 0.1) is 25.7 Å². The first-order valence-corrected chi connectivity index (χ1v) is 8.92. The zero-order chi connectivity index (χ0) is 17.6. The number of methoxy groups -OCH3 is 2. The van der Waals surface area contributed by atoms with Crippen LogP contribution in [0, 0.1) is 0 Å². The first-order valence-electron chi connectivity index (χ1n) is 7.43. The minimum absolute atomic E-state index is 0.117. The summed E-state index contributed by atoms with van der Waals surface area (Å²) in [5, 5.41) is 0. The number of hydrogen-bond donors (Lipinski definition) is 1. The van der Waals surface area contributed by atoms with E-state index in [9.17, 15) is 8.42 Å². The molecule has 24 heavy (non-hydrogen) atoms. The lowest BCUT2D eigenvalue weighted by molar-refractivity contribution is 0.340. The normalized spacial score (nSPS) is 11.1. The molecule has 2 rings (SSSR count). The summed E-state index contributed by atoms with van der Waals surface area (Å²) in [5.41, 5.74) is 0.836. The molecule has 7 heteroatoms. The number of sulfonamides is 1. The first-order chi connectivity index (χ1) is 11.5. The maximum atomic E-state index is 12.4. The second-order valence-electron chi connectivity index (χ2n) is 4.92. The zero-order valence-corrected chi connectivity index (χ0v) is 14.7. The zero-order valence-electron chi connectivity index (χ0n) is 13.9.